The second-order valence-corrected chi connectivity index (χ2v) is 12.8. The molecule has 0 saturated heterocycles. The summed E-state index contributed by atoms with van der Waals surface area (Å²) >= 11 is 4.00. The van der Waals surface area contributed by atoms with Crippen molar-refractivity contribution in [2.24, 2.45) is 0 Å². The summed E-state index contributed by atoms with van der Waals surface area (Å²) in [6.45, 7) is 2.70. The number of fused-ring (bicyclic) bond motifs is 2. The molecule has 0 saturated carbocycles. The highest BCUT2D eigenvalue weighted by atomic mass is 35.5. The van der Waals surface area contributed by atoms with E-state index in [0.29, 0.717) is 47.8 Å². The van der Waals surface area contributed by atoms with Gasteiger partial charge in [0, 0.05) is 35.4 Å². The van der Waals surface area contributed by atoms with E-state index >= 15 is 0 Å². The van der Waals surface area contributed by atoms with Gasteiger partial charge in [-0.1, -0.05) is 61.0 Å². The van der Waals surface area contributed by atoms with E-state index in [1.54, 1.807) is 4.57 Å². The van der Waals surface area contributed by atoms with E-state index in [1.807, 2.05) is 79.7 Å². The lowest BCUT2D eigenvalue weighted by atomic mass is 10.1. The fraction of sp³-hybridized carbons (Fsp3) is 0.258. The van der Waals surface area contributed by atoms with Gasteiger partial charge in [-0.3, -0.25) is 13.3 Å². The van der Waals surface area contributed by atoms with Gasteiger partial charge < -0.3 is 9.32 Å². The average Bonchev–Trinajstić information content (AvgIpc) is 3.49. The maximum absolute atomic E-state index is 11.7. The molecule has 0 radical (unpaired) electrons. The van der Waals surface area contributed by atoms with Gasteiger partial charge in [0.2, 0.25) is 5.58 Å². The molecule has 0 aliphatic carbocycles. The molecule has 1 unspecified atom stereocenters. The van der Waals surface area contributed by atoms with Gasteiger partial charge in [0.05, 0.1) is 12.7 Å². The number of nitrogens with zero attached hydrogens (tertiary/aromatic N) is 2. The van der Waals surface area contributed by atoms with Crippen LogP contribution in [0.3, 0.4) is 0 Å². The third-order valence-electron chi connectivity index (χ3n) is 7.25. The minimum atomic E-state index is -4.22. The summed E-state index contributed by atoms with van der Waals surface area (Å²) in [7, 11) is -4.22. The molecule has 0 spiro atoms. The van der Waals surface area contributed by atoms with Gasteiger partial charge in [-0.25, -0.2) is 0 Å². The Labute approximate surface area is 258 Å². The summed E-state index contributed by atoms with van der Waals surface area (Å²) < 4.78 is 65.7. The number of allylic oxidation sites excluding steroid dienone is 3. The van der Waals surface area contributed by atoms with Crippen LogP contribution in [0.25, 0.3) is 28.3 Å². The van der Waals surface area contributed by atoms with Crippen LogP contribution in [0.2, 0.25) is 5.02 Å². The molecule has 1 atom stereocenters. The molecule has 0 amide bonds. The molecule has 12 heteroatoms. The van der Waals surface area contributed by atoms with Crippen molar-refractivity contribution in [3.05, 3.63) is 101 Å². The highest BCUT2D eigenvalue weighted by Gasteiger charge is 2.26. The molecule has 2 heterocycles. The molecule has 0 fully saturated rings. The van der Waals surface area contributed by atoms with Crippen LogP contribution in [0.1, 0.15) is 31.2 Å². The second-order valence-electron chi connectivity index (χ2n) is 10.1. The summed E-state index contributed by atoms with van der Waals surface area (Å²) in [5.41, 5.74) is 7.31. The maximum Gasteiger partial charge on any atom is 0.374 e. The number of aryl methyl sites for hydroxylation is 1. The van der Waals surface area contributed by atoms with Gasteiger partial charge in [-0.2, -0.15) is 17.2 Å². The number of hydrogen-bond donors (Lipinski definition) is 2. The Bertz CT molecular complexity index is 1820. The molecule has 9 nitrogen and oxygen atoms in total. The van der Waals surface area contributed by atoms with Gasteiger partial charge in [0.1, 0.15) is 5.75 Å². The molecular weight excluding hydrogens is 612 g/mol. The Balaban J connectivity index is 1.53. The molecule has 3 aromatic carbocycles. The maximum atomic E-state index is 11.7. The zero-order valence-corrected chi connectivity index (χ0v) is 25.9. The quantitative estimate of drug-likeness (QED) is 0.0809. The van der Waals surface area contributed by atoms with Crippen LogP contribution in [0.5, 0.6) is 0 Å². The molecule has 1 aliphatic rings. The van der Waals surface area contributed by atoms with Crippen LogP contribution in [0.15, 0.2) is 88.5 Å². The van der Waals surface area contributed by atoms with Crippen molar-refractivity contribution in [3.63, 3.8) is 0 Å². The highest BCUT2D eigenvalue weighted by molar-refractivity contribution is 7.85. The summed E-state index contributed by atoms with van der Waals surface area (Å²) in [5.74, 6) is -0.00279. The van der Waals surface area contributed by atoms with Crippen molar-refractivity contribution in [2.45, 2.75) is 32.7 Å². The van der Waals surface area contributed by atoms with Gasteiger partial charge in [-0.15, -0.1) is 0 Å². The van der Waals surface area contributed by atoms with Crippen molar-refractivity contribution in [3.8, 4) is 11.1 Å². The first kappa shape index (κ1) is 31.1. The second kappa shape index (κ2) is 13.5. The fourth-order valence-corrected chi connectivity index (χ4v) is 6.04. The average molecular weight is 644 g/mol. The zero-order chi connectivity index (χ0) is 30.6. The Morgan fingerprint density at radius 1 is 1.14 bits per heavy atom. The largest absolute Gasteiger partial charge is 0.398 e. The smallest absolute Gasteiger partial charge is 0.374 e. The third-order valence-corrected chi connectivity index (χ3v) is 8.55. The van der Waals surface area contributed by atoms with Crippen molar-refractivity contribution in [1.29, 1.82) is 0 Å². The van der Waals surface area contributed by atoms with Gasteiger partial charge in [0.25, 0.3) is 15.6 Å². The first-order valence-corrected chi connectivity index (χ1v) is 16.8. The molecule has 5 rings (SSSR count). The lowest BCUT2D eigenvalue weighted by Crippen LogP contribution is -2.38. The van der Waals surface area contributed by atoms with E-state index in [2.05, 4.69) is 11.0 Å². The Morgan fingerprint density at radius 3 is 2.65 bits per heavy atom. The Kier molecular flexibility index (Phi) is 9.80. The van der Waals surface area contributed by atoms with Crippen molar-refractivity contribution < 1.29 is 34.9 Å². The number of rotatable bonds is 12. The van der Waals surface area contributed by atoms with Crippen molar-refractivity contribution >= 4 is 55.9 Å². The third kappa shape index (κ3) is 7.80. The minimum absolute atomic E-state index is 0.00572. The lowest BCUT2D eigenvalue weighted by molar-refractivity contribution is -0.673. The normalized spacial score (nSPS) is 15.4. The summed E-state index contributed by atoms with van der Waals surface area (Å²) in [6, 6.07) is 21.4. The van der Waals surface area contributed by atoms with Crippen LogP contribution in [0, 0.1) is 0 Å². The van der Waals surface area contributed by atoms with Crippen LogP contribution in [-0.4, -0.2) is 40.6 Å². The Hall–Kier alpha value is -3.32. The van der Waals surface area contributed by atoms with Gasteiger partial charge >= 0.3 is 17.3 Å². The molecule has 43 heavy (non-hydrogen) atoms. The summed E-state index contributed by atoms with van der Waals surface area (Å²) in [5, 5.41) is 0.612. The fourth-order valence-electron chi connectivity index (χ4n) is 5.20. The minimum Gasteiger partial charge on any atom is -0.398 e. The highest BCUT2D eigenvalue weighted by Crippen LogP contribution is 2.37. The molecule has 2 N–H and O–H groups in total. The molecule has 4 aromatic rings. The van der Waals surface area contributed by atoms with E-state index in [4.69, 9.17) is 24.8 Å². The molecule has 1 aromatic heterocycles. The van der Waals surface area contributed by atoms with Crippen LogP contribution in [0.4, 0.5) is 5.69 Å². The van der Waals surface area contributed by atoms with Crippen molar-refractivity contribution in [1.82, 2.24) is 0 Å². The monoisotopic (exact) mass is 643 g/mol. The van der Waals surface area contributed by atoms with Gasteiger partial charge in [-0.05, 0) is 59.4 Å². The predicted octanol–water partition coefficient (Wildman–Crippen LogP) is 6.21. The number of benzene rings is 3. The molecule has 1 aliphatic heterocycles. The number of aromatic nitrogens is 1. The zero-order valence-electron chi connectivity index (χ0n) is 23.5. The topological polar surface area (TPSA) is 121 Å². The number of oxazole rings is 1. The first-order valence-electron chi connectivity index (χ1n) is 13.8. The standard InChI is InChI=1S/C31H31ClN2O7S2/c1-2-22(17-27-19-25-9-11-26(32)21-28(25)33(27)13-6-15-40-42(35)36)18-31-34(14-16-43(37,38)39)29-20-24(10-12-30(29)41-31)23-7-4-3-5-8-23/h3-5,7-12,17-18,20-21H,2,6,13-16,19H2,1H3,(H-,35,36,37,38,39)/p+1. The number of hydrogen-bond acceptors (Lipinski definition) is 6. The summed E-state index contributed by atoms with van der Waals surface area (Å²) in [4.78, 5) is 2.13. The van der Waals surface area contributed by atoms with E-state index in [0.717, 1.165) is 33.6 Å². The van der Waals surface area contributed by atoms with Crippen molar-refractivity contribution in [2.75, 3.05) is 23.8 Å². The summed E-state index contributed by atoms with van der Waals surface area (Å²) in [6.07, 6.45) is 5.81. The van der Waals surface area contributed by atoms with E-state index in [-0.39, 0.29) is 13.2 Å². The van der Waals surface area contributed by atoms with Gasteiger partial charge in [0.15, 0.2) is 6.54 Å². The Morgan fingerprint density at radius 2 is 1.93 bits per heavy atom. The molecular formula is C31H32ClN2O7S2+. The first-order chi connectivity index (χ1) is 20.6. The molecule has 226 valence electrons. The number of anilines is 1. The van der Waals surface area contributed by atoms with E-state index in [9.17, 15) is 17.2 Å². The molecule has 0 bridgehead atoms. The predicted molar refractivity (Wildman–Crippen MR) is 168 cm³/mol. The SMILES string of the molecule is CCC(=Cc1oc2ccc(-c3ccccc3)cc2[n+]1CCS(=O)(=O)O)C=C1Cc2ccc(Cl)cc2N1CCCOS(=O)O. The van der Waals surface area contributed by atoms with Crippen LogP contribution >= 0.6 is 11.6 Å². The van der Waals surface area contributed by atoms with E-state index < -0.39 is 27.2 Å². The van der Waals surface area contributed by atoms with Crippen LogP contribution in [-0.2, 0) is 38.6 Å². The van der Waals surface area contributed by atoms with Crippen LogP contribution < -0.4 is 9.47 Å². The number of halogens is 1. The lowest BCUT2D eigenvalue weighted by Gasteiger charge is -2.22. The van der Waals surface area contributed by atoms with E-state index in [1.165, 1.54) is 0 Å².